The van der Waals surface area contributed by atoms with E-state index in [1.807, 2.05) is 0 Å². The molecule has 0 radical (unpaired) electrons. The molecule has 3 rings (SSSR count). The van der Waals surface area contributed by atoms with Gasteiger partial charge in [0.2, 0.25) is 0 Å². The largest absolute Gasteiger partial charge is 0.352 e. The summed E-state index contributed by atoms with van der Waals surface area (Å²) < 4.78 is 26.5. The second-order valence-electron chi connectivity index (χ2n) is 6.52. The lowest BCUT2D eigenvalue weighted by atomic mass is 10.2. The van der Waals surface area contributed by atoms with Crippen LogP contribution in [-0.2, 0) is 6.54 Å². The van der Waals surface area contributed by atoms with Crippen molar-refractivity contribution in [3.8, 4) is 0 Å². The highest BCUT2D eigenvalue weighted by atomic mass is 127. The van der Waals surface area contributed by atoms with Crippen molar-refractivity contribution in [1.29, 1.82) is 0 Å². The van der Waals surface area contributed by atoms with Crippen molar-refractivity contribution >= 4 is 29.9 Å². The molecule has 1 saturated carbocycles. The number of hydrogen-bond donors (Lipinski definition) is 2. The summed E-state index contributed by atoms with van der Waals surface area (Å²) in [4.78, 5) is 10.7. The van der Waals surface area contributed by atoms with E-state index < -0.39 is 6.55 Å². The highest BCUT2D eigenvalue weighted by Gasteiger charge is 2.30. The van der Waals surface area contributed by atoms with Crippen molar-refractivity contribution < 1.29 is 8.78 Å². The molecule has 6 nitrogen and oxygen atoms in total. The normalized spacial score (nSPS) is 22.4. The van der Waals surface area contributed by atoms with Gasteiger partial charge in [0, 0.05) is 44.6 Å². The van der Waals surface area contributed by atoms with Gasteiger partial charge >= 0.3 is 6.55 Å². The first-order valence-corrected chi connectivity index (χ1v) is 8.68. The summed E-state index contributed by atoms with van der Waals surface area (Å²) in [6.45, 7) is -0.212. The van der Waals surface area contributed by atoms with Gasteiger partial charge in [-0.05, 0) is 19.3 Å². The van der Waals surface area contributed by atoms with Crippen LogP contribution in [-0.4, -0.2) is 52.6 Å². The topological polar surface area (TPSA) is 57.5 Å². The molecule has 1 saturated heterocycles. The van der Waals surface area contributed by atoms with Crippen LogP contribution in [0.4, 0.5) is 8.78 Å². The Morgan fingerprint density at radius 3 is 2.80 bits per heavy atom. The lowest BCUT2D eigenvalue weighted by Gasteiger charge is -2.24. The average Bonchev–Trinajstić information content (AvgIpc) is 3.31. The van der Waals surface area contributed by atoms with Gasteiger partial charge in [-0.1, -0.05) is 12.8 Å². The molecule has 2 heterocycles. The van der Waals surface area contributed by atoms with Crippen molar-refractivity contribution in [3.05, 3.63) is 18.2 Å². The van der Waals surface area contributed by atoms with Gasteiger partial charge in [0.1, 0.15) is 5.82 Å². The van der Waals surface area contributed by atoms with E-state index in [0.717, 1.165) is 30.1 Å². The molecule has 1 aliphatic carbocycles. The van der Waals surface area contributed by atoms with E-state index in [2.05, 4.69) is 25.5 Å². The number of nitrogens with zero attached hydrogens (tertiary/aromatic N) is 4. The van der Waals surface area contributed by atoms with Gasteiger partial charge in [-0.25, -0.2) is 4.98 Å². The Morgan fingerprint density at radius 1 is 1.36 bits per heavy atom. The van der Waals surface area contributed by atoms with E-state index in [1.165, 1.54) is 38.1 Å². The molecule has 1 aromatic heterocycles. The third-order valence-electron chi connectivity index (χ3n) is 5.00. The van der Waals surface area contributed by atoms with Gasteiger partial charge < -0.3 is 10.6 Å². The molecule has 1 aliphatic heterocycles. The van der Waals surface area contributed by atoms with Crippen LogP contribution in [0.5, 0.6) is 0 Å². The minimum Gasteiger partial charge on any atom is -0.352 e. The molecule has 0 amide bonds. The SMILES string of the molecule is CN=C(NCc1nccn1C(F)F)NC1CCN(C2CCCC2)C1.I. The van der Waals surface area contributed by atoms with Crippen molar-refractivity contribution in [2.75, 3.05) is 20.1 Å². The molecule has 1 unspecified atom stereocenters. The zero-order chi connectivity index (χ0) is 16.9. The first-order valence-electron chi connectivity index (χ1n) is 8.68. The van der Waals surface area contributed by atoms with Crippen LogP contribution in [0.15, 0.2) is 17.4 Å². The summed E-state index contributed by atoms with van der Waals surface area (Å²) in [5, 5.41) is 6.48. The Morgan fingerprint density at radius 2 is 2.12 bits per heavy atom. The molecule has 1 aromatic rings. The predicted molar refractivity (Wildman–Crippen MR) is 104 cm³/mol. The van der Waals surface area contributed by atoms with Crippen molar-refractivity contribution in [2.24, 2.45) is 4.99 Å². The van der Waals surface area contributed by atoms with E-state index in [4.69, 9.17) is 0 Å². The first-order chi connectivity index (χ1) is 11.7. The summed E-state index contributed by atoms with van der Waals surface area (Å²) in [5.41, 5.74) is 0. The fourth-order valence-corrected chi connectivity index (χ4v) is 3.72. The highest BCUT2D eigenvalue weighted by molar-refractivity contribution is 14.0. The van der Waals surface area contributed by atoms with Crippen LogP contribution in [0.25, 0.3) is 0 Å². The third kappa shape index (κ3) is 5.25. The van der Waals surface area contributed by atoms with Gasteiger partial charge in [0.15, 0.2) is 5.96 Å². The van der Waals surface area contributed by atoms with Crippen LogP contribution >= 0.6 is 24.0 Å². The lowest BCUT2D eigenvalue weighted by Crippen LogP contribution is -2.45. The Bertz CT molecular complexity index is 559. The van der Waals surface area contributed by atoms with Crippen LogP contribution in [0.2, 0.25) is 0 Å². The highest BCUT2D eigenvalue weighted by Crippen LogP contribution is 2.26. The predicted octanol–water partition coefficient (Wildman–Crippen LogP) is 2.58. The van der Waals surface area contributed by atoms with Gasteiger partial charge in [-0.15, -0.1) is 24.0 Å². The van der Waals surface area contributed by atoms with Crippen LogP contribution < -0.4 is 10.6 Å². The number of guanidine groups is 1. The molecular weight excluding hydrogens is 441 g/mol. The number of likely N-dealkylation sites (tertiary alicyclic amines) is 1. The molecule has 25 heavy (non-hydrogen) atoms. The van der Waals surface area contributed by atoms with Gasteiger partial charge in [0.05, 0.1) is 6.54 Å². The smallest absolute Gasteiger partial charge is 0.319 e. The minimum absolute atomic E-state index is 0. The molecule has 2 fully saturated rings. The minimum atomic E-state index is -2.57. The van der Waals surface area contributed by atoms with Gasteiger partial charge in [-0.2, -0.15) is 8.78 Å². The van der Waals surface area contributed by atoms with Gasteiger partial charge in [-0.3, -0.25) is 14.5 Å². The molecule has 2 N–H and O–H groups in total. The van der Waals surface area contributed by atoms with E-state index in [0.29, 0.717) is 17.8 Å². The van der Waals surface area contributed by atoms with Crippen molar-refractivity contribution in [3.63, 3.8) is 0 Å². The summed E-state index contributed by atoms with van der Waals surface area (Å²) in [6.07, 6.45) is 9.08. The Balaban J connectivity index is 0.00000225. The molecule has 1 atom stereocenters. The zero-order valence-electron chi connectivity index (χ0n) is 14.5. The van der Waals surface area contributed by atoms with E-state index in [9.17, 15) is 8.78 Å². The number of aromatic nitrogens is 2. The maximum Gasteiger partial charge on any atom is 0.319 e. The Labute approximate surface area is 164 Å². The summed E-state index contributed by atoms with van der Waals surface area (Å²) >= 11 is 0. The molecule has 0 aromatic carbocycles. The zero-order valence-corrected chi connectivity index (χ0v) is 16.8. The number of rotatable bonds is 5. The van der Waals surface area contributed by atoms with Crippen LogP contribution in [0, 0.1) is 0 Å². The van der Waals surface area contributed by atoms with E-state index in [-0.39, 0.29) is 30.5 Å². The number of aliphatic imine (C=N–C) groups is 1. The summed E-state index contributed by atoms with van der Waals surface area (Å²) in [6, 6.07) is 1.09. The summed E-state index contributed by atoms with van der Waals surface area (Å²) in [7, 11) is 1.69. The fourth-order valence-electron chi connectivity index (χ4n) is 3.72. The van der Waals surface area contributed by atoms with Gasteiger partial charge in [0.25, 0.3) is 0 Å². The number of imidazole rings is 1. The second kappa shape index (κ2) is 9.65. The molecule has 9 heteroatoms. The van der Waals surface area contributed by atoms with E-state index in [1.54, 1.807) is 7.05 Å². The fraction of sp³-hybridized carbons (Fsp3) is 0.750. The maximum absolute atomic E-state index is 12.8. The third-order valence-corrected chi connectivity index (χ3v) is 5.00. The molecule has 2 aliphatic rings. The number of hydrogen-bond acceptors (Lipinski definition) is 3. The number of halogens is 3. The number of nitrogens with one attached hydrogen (secondary N) is 2. The van der Waals surface area contributed by atoms with Crippen molar-refractivity contribution in [2.45, 2.75) is 57.3 Å². The lowest BCUT2D eigenvalue weighted by molar-refractivity contribution is 0.0668. The van der Waals surface area contributed by atoms with Crippen molar-refractivity contribution in [1.82, 2.24) is 25.1 Å². The van der Waals surface area contributed by atoms with Crippen LogP contribution in [0.3, 0.4) is 0 Å². The Hall–Kier alpha value is -0.970. The quantitative estimate of drug-likeness (QED) is 0.397. The molecule has 142 valence electrons. The first kappa shape index (κ1) is 20.3. The van der Waals surface area contributed by atoms with Crippen LogP contribution in [0.1, 0.15) is 44.5 Å². The Kier molecular flexibility index (Phi) is 7.85. The average molecular weight is 468 g/mol. The summed E-state index contributed by atoms with van der Waals surface area (Å²) in [5.74, 6) is 0.934. The molecule has 0 spiro atoms. The monoisotopic (exact) mass is 468 g/mol. The second-order valence-corrected chi connectivity index (χ2v) is 6.52. The molecule has 0 bridgehead atoms. The number of alkyl halides is 2. The maximum atomic E-state index is 12.8. The standard InChI is InChI=1S/C16H26F2N6.HI/c1-19-16(21-10-14-20-7-9-24(14)15(17)18)22-12-6-8-23(11-12)13-4-2-3-5-13;/h7,9,12-13,15H,2-6,8,10-11H2,1H3,(H2,19,21,22);1H. The van der Waals surface area contributed by atoms with E-state index >= 15 is 0 Å². The molecular formula is C16H27F2IN6.